The van der Waals surface area contributed by atoms with Gasteiger partial charge in [-0.25, -0.2) is 4.79 Å². The summed E-state index contributed by atoms with van der Waals surface area (Å²) >= 11 is 0. The lowest BCUT2D eigenvalue weighted by Crippen LogP contribution is -2.21. The molecule has 0 radical (unpaired) electrons. The highest BCUT2D eigenvalue weighted by atomic mass is 16.4. The van der Waals surface area contributed by atoms with Crippen LogP contribution in [0, 0.1) is 0 Å². The quantitative estimate of drug-likeness (QED) is 0.324. The summed E-state index contributed by atoms with van der Waals surface area (Å²) in [6, 6.07) is 20.0. The second kappa shape index (κ2) is 9.92. The number of aromatic nitrogens is 1. The van der Waals surface area contributed by atoms with Crippen molar-refractivity contribution in [3.63, 3.8) is 0 Å². The number of rotatable bonds is 7. The van der Waals surface area contributed by atoms with Crippen LogP contribution in [0.3, 0.4) is 0 Å². The van der Waals surface area contributed by atoms with Crippen molar-refractivity contribution in [2.75, 3.05) is 18.0 Å². The van der Waals surface area contributed by atoms with Gasteiger partial charge in [0.05, 0.1) is 5.56 Å². The molecule has 0 aliphatic carbocycles. The zero-order valence-electron chi connectivity index (χ0n) is 18.4. The minimum Gasteiger partial charge on any atom is -0.422 e. The smallest absolute Gasteiger partial charge is 0.343 e. The van der Waals surface area contributed by atoms with E-state index in [-0.39, 0.29) is 5.63 Å². The normalized spacial score (nSPS) is 11.6. The zero-order valence-corrected chi connectivity index (χ0v) is 18.4. The fraction of sp³-hybridized carbons (Fsp3) is 0.143. The van der Waals surface area contributed by atoms with Gasteiger partial charge in [0, 0.05) is 42.6 Å². The van der Waals surface area contributed by atoms with E-state index in [4.69, 9.17) is 4.42 Å². The topological polar surface area (TPSA) is 46.3 Å². The SMILES string of the molecule is CCN(CC)c1ccc2cc(/C=C/c3ccc(/C=C/c4ccncc4)cc3)c(=O)oc2c1. The van der Waals surface area contributed by atoms with Crippen LogP contribution in [-0.4, -0.2) is 18.1 Å². The van der Waals surface area contributed by atoms with Crippen molar-refractivity contribution in [2.24, 2.45) is 0 Å². The molecule has 0 spiro atoms. The van der Waals surface area contributed by atoms with Gasteiger partial charge in [-0.3, -0.25) is 4.98 Å². The molecule has 0 fully saturated rings. The van der Waals surface area contributed by atoms with Gasteiger partial charge in [0.25, 0.3) is 0 Å². The van der Waals surface area contributed by atoms with E-state index in [1.807, 2.05) is 54.6 Å². The second-order valence-corrected chi connectivity index (χ2v) is 7.50. The monoisotopic (exact) mass is 422 g/mol. The molecule has 2 aromatic heterocycles. The number of hydrogen-bond acceptors (Lipinski definition) is 4. The Labute approximate surface area is 188 Å². The van der Waals surface area contributed by atoms with Crippen LogP contribution in [-0.2, 0) is 0 Å². The first-order chi connectivity index (χ1) is 15.7. The van der Waals surface area contributed by atoms with E-state index in [2.05, 4.69) is 54.1 Å². The molecule has 2 aromatic carbocycles. The highest BCUT2D eigenvalue weighted by Crippen LogP contribution is 2.22. The third kappa shape index (κ3) is 5.03. The first-order valence-corrected chi connectivity index (χ1v) is 10.9. The Hall–Kier alpha value is -3.92. The third-order valence-electron chi connectivity index (χ3n) is 5.44. The Morgan fingerprint density at radius 2 is 1.38 bits per heavy atom. The molecular weight excluding hydrogens is 396 g/mol. The van der Waals surface area contributed by atoms with Crippen LogP contribution in [0.4, 0.5) is 5.69 Å². The van der Waals surface area contributed by atoms with Gasteiger partial charge < -0.3 is 9.32 Å². The number of pyridine rings is 1. The molecular formula is C28H26N2O2. The van der Waals surface area contributed by atoms with Crippen LogP contribution in [0.25, 0.3) is 35.3 Å². The van der Waals surface area contributed by atoms with Gasteiger partial charge in [0.2, 0.25) is 0 Å². The van der Waals surface area contributed by atoms with E-state index >= 15 is 0 Å². The molecule has 0 aliphatic rings. The average molecular weight is 423 g/mol. The van der Waals surface area contributed by atoms with E-state index in [0.29, 0.717) is 11.1 Å². The highest BCUT2D eigenvalue weighted by Gasteiger charge is 2.07. The van der Waals surface area contributed by atoms with Crippen LogP contribution >= 0.6 is 0 Å². The van der Waals surface area contributed by atoms with Crippen molar-refractivity contribution in [3.05, 3.63) is 106 Å². The van der Waals surface area contributed by atoms with E-state index in [1.165, 1.54) is 0 Å². The largest absolute Gasteiger partial charge is 0.422 e. The van der Waals surface area contributed by atoms with Crippen LogP contribution in [0.2, 0.25) is 0 Å². The Kier molecular flexibility index (Phi) is 6.61. The van der Waals surface area contributed by atoms with Gasteiger partial charge in [-0.2, -0.15) is 0 Å². The van der Waals surface area contributed by atoms with Crippen molar-refractivity contribution in [2.45, 2.75) is 13.8 Å². The predicted octanol–water partition coefficient (Wildman–Crippen LogP) is 6.38. The molecule has 2 heterocycles. The Morgan fingerprint density at radius 3 is 2.00 bits per heavy atom. The van der Waals surface area contributed by atoms with Crippen LogP contribution in [0.1, 0.15) is 36.1 Å². The molecule has 0 N–H and O–H groups in total. The summed E-state index contributed by atoms with van der Waals surface area (Å²) in [5, 5.41) is 0.914. The molecule has 0 aliphatic heterocycles. The van der Waals surface area contributed by atoms with Crippen LogP contribution in [0.15, 0.2) is 82.3 Å². The molecule has 0 saturated heterocycles. The van der Waals surface area contributed by atoms with Gasteiger partial charge in [-0.1, -0.05) is 42.5 Å². The Bertz CT molecular complexity index is 1300. The first kappa shape index (κ1) is 21.3. The summed E-state index contributed by atoms with van der Waals surface area (Å²) in [5.41, 5.74) is 5.11. The van der Waals surface area contributed by atoms with Gasteiger partial charge in [-0.05, 0) is 66.9 Å². The van der Waals surface area contributed by atoms with E-state index in [0.717, 1.165) is 40.9 Å². The van der Waals surface area contributed by atoms with Crippen LogP contribution < -0.4 is 10.5 Å². The number of fused-ring (bicyclic) bond motifs is 1. The summed E-state index contributed by atoms with van der Waals surface area (Å²) in [4.78, 5) is 18.8. The molecule has 4 nitrogen and oxygen atoms in total. The summed E-state index contributed by atoms with van der Waals surface area (Å²) < 4.78 is 5.61. The van der Waals surface area contributed by atoms with Crippen molar-refractivity contribution in [3.8, 4) is 0 Å². The highest BCUT2D eigenvalue weighted by molar-refractivity contribution is 5.83. The summed E-state index contributed by atoms with van der Waals surface area (Å²) in [6.45, 7) is 6.04. The van der Waals surface area contributed by atoms with Crippen LogP contribution in [0.5, 0.6) is 0 Å². The molecule has 0 amide bonds. The Balaban J connectivity index is 1.51. The number of hydrogen-bond donors (Lipinski definition) is 0. The van der Waals surface area contributed by atoms with Gasteiger partial charge in [-0.15, -0.1) is 0 Å². The average Bonchev–Trinajstić information content (AvgIpc) is 2.83. The summed E-state index contributed by atoms with van der Waals surface area (Å²) in [5.74, 6) is 0. The maximum Gasteiger partial charge on any atom is 0.343 e. The minimum atomic E-state index is -0.331. The first-order valence-electron chi connectivity index (χ1n) is 10.9. The van der Waals surface area contributed by atoms with Crippen molar-refractivity contribution in [1.29, 1.82) is 0 Å². The molecule has 4 rings (SSSR count). The lowest BCUT2D eigenvalue weighted by Gasteiger charge is -2.20. The summed E-state index contributed by atoms with van der Waals surface area (Å²) in [7, 11) is 0. The number of nitrogens with zero attached hydrogens (tertiary/aromatic N) is 2. The third-order valence-corrected chi connectivity index (χ3v) is 5.44. The number of benzene rings is 2. The van der Waals surface area contributed by atoms with E-state index in [1.54, 1.807) is 12.4 Å². The second-order valence-electron chi connectivity index (χ2n) is 7.50. The van der Waals surface area contributed by atoms with Gasteiger partial charge in [0.1, 0.15) is 5.58 Å². The molecule has 0 unspecified atom stereocenters. The summed E-state index contributed by atoms with van der Waals surface area (Å²) in [6.07, 6.45) is 11.4. The van der Waals surface area contributed by atoms with Crippen molar-refractivity contribution < 1.29 is 4.42 Å². The van der Waals surface area contributed by atoms with Gasteiger partial charge >= 0.3 is 5.63 Å². The molecule has 32 heavy (non-hydrogen) atoms. The molecule has 0 atom stereocenters. The van der Waals surface area contributed by atoms with Crippen molar-refractivity contribution in [1.82, 2.24) is 4.98 Å². The molecule has 160 valence electrons. The lowest BCUT2D eigenvalue weighted by molar-refractivity contribution is 0.559. The zero-order chi connectivity index (χ0) is 22.3. The fourth-order valence-corrected chi connectivity index (χ4v) is 3.59. The predicted molar refractivity (Wildman–Crippen MR) is 135 cm³/mol. The lowest BCUT2D eigenvalue weighted by atomic mass is 10.1. The minimum absolute atomic E-state index is 0.331. The number of anilines is 1. The van der Waals surface area contributed by atoms with E-state index in [9.17, 15) is 4.79 Å². The maximum absolute atomic E-state index is 12.5. The van der Waals surface area contributed by atoms with E-state index < -0.39 is 0 Å². The molecule has 4 heteroatoms. The fourth-order valence-electron chi connectivity index (χ4n) is 3.59. The Morgan fingerprint density at radius 1 is 0.781 bits per heavy atom. The standard InChI is InChI=1S/C28H26N2O2/c1-3-30(4-2)26-14-13-24-19-25(28(31)32-27(24)20-26)12-11-22-7-5-21(6-8-22)9-10-23-15-17-29-18-16-23/h5-20H,3-4H2,1-2H3/b10-9+,12-11+. The molecule has 0 bridgehead atoms. The molecule has 0 saturated carbocycles. The van der Waals surface area contributed by atoms with Crippen molar-refractivity contribution >= 4 is 41.0 Å². The van der Waals surface area contributed by atoms with Gasteiger partial charge in [0.15, 0.2) is 0 Å². The molecule has 4 aromatic rings. The maximum atomic E-state index is 12.5.